The Balaban J connectivity index is 0.000000163. The fourth-order valence-electron chi connectivity index (χ4n) is 4.37. The lowest BCUT2D eigenvalue weighted by Crippen LogP contribution is -2.41. The molecule has 1 fully saturated rings. The van der Waals surface area contributed by atoms with Crippen LogP contribution >= 0.6 is 54.5 Å². The van der Waals surface area contributed by atoms with Crippen LogP contribution in [0.4, 0.5) is 8.78 Å². The standard InChI is InChI=1S/C12H21BO2.C12H12BrF.C6H3BrFI/c1-11(2)12(3,4)15-13(14-11)10-8-6-5-7-9-10;13-10-6-7-11(12(14)8-10)9-4-2-1-3-5-9;7-4-1-2-6(9)5(8)3-4/h8H,5-7,9H2,1-4H3;4,6-8H,1-3,5H2;1-3H. The van der Waals surface area contributed by atoms with Crippen molar-refractivity contribution in [2.75, 3.05) is 0 Å². The summed E-state index contributed by atoms with van der Waals surface area (Å²) in [5, 5.41) is 0. The molecular formula is C30H36BBr2F2IO2. The quantitative estimate of drug-likeness (QED) is 0.172. The molecule has 0 aromatic heterocycles. The maximum atomic E-state index is 13.6. The van der Waals surface area contributed by atoms with E-state index in [9.17, 15) is 8.78 Å². The van der Waals surface area contributed by atoms with E-state index in [-0.39, 0.29) is 30.0 Å². The molecule has 0 radical (unpaired) electrons. The summed E-state index contributed by atoms with van der Waals surface area (Å²) < 4.78 is 40.4. The van der Waals surface area contributed by atoms with Crippen molar-refractivity contribution in [2.45, 2.75) is 90.3 Å². The molecule has 2 nitrogen and oxygen atoms in total. The highest BCUT2D eigenvalue weighted by atomic mass is 127. The molecule has 8 heteroatoms. The summed E-state index contributed by atoms with van der Waals surface area (Å²) in [6.07, 6.45) is 13.9. The third-order valence-corrected chi connectivity index (χ3v) is 9.19. The second-order valence-corrected chi connectivity index (χ2v) is 13.8. The lowest BCUT2D eigenvalue weighted by molar-refractivity contribution is 0.00578. The molecular weight excluding hydrogens is 728 g/mol. The van der Waals surface area contributed by atoms with Crippen molar-refractivity contribution in [3.8, 4) is 0 Å². The second kappa shape index (κ2) is 14.4. The molecule has 0 N–H and O–H groups in total. The molecule has 0 unspecified atom stereocenters. The molecule has 1 aliphatic heterocycles. The van der Waals surface area contributed by atoms with Gasteiger partial charge in [-0.25, -0.2) is 8.78 Å². The molecule has 5 rings (SSSR count). The van der Waals surface area contributed by atoms with Crippen molar-refractivity contribution < 1.29 is 18.1 Å². The number of rotatable bonds is 2. The minimum Gasteiger partial charge on any atom is -0.400 e. The van der Waals surface area contributed by atoms with E-state index in [1.54, 1.807) is 6.07 Å². The van der Waals surface area contributed by atoms with Gasteiger partial charge in [0.25, 0.3) is 0 Å². The SMILES string of the molecule is CC1(C)OB(C2=CCCCC2)OC1(C)C.Fc1cc(Br)ccc1C1=CCCCC1.Fc1cc(Br)ccc1I. The zero-order valence-corrected chi connectivity index (χ0v) is 27.9. The summed E-state index contributed by atoms with van der Waals surface area (Å²) in [5.74, 6) is -0.294. The first-order valence-corrected chi connectivity index (χ1v) is 15.9. The largest absolute Gasteiger partial charge is 0.490 e. The van der Waals surface area contributed by atoms with Crippen molar-refractivity contribution in [1.29, 1.82) is 0 Å². The molecule has 2 aromatic rings. The number of hydrogen-bond donors (Lipinski definition) is 0. The fraction of sp³-hybridized carbons (Fsp3) is 0.467. The van der Waals surface area contributed by atoms with Crippen molar-refractivity contribution >= 4 is 67.1 Å². The predicted molar refractivity (Wildman–Crippen MR) is 170 cm³/mol. The van der Waals surface area contributed by atoms with E-state index in [4.69, 9.17) is 9.31 Å². The van der Waals surface area contributed by atoms with Gasteiger partial charge in [0.05, 0.1) is 11.2 Å². The van der Waals surface area contributed by atoms with Crippen molar-refractivity contribution in [2.24, 2.45) is 0 Å². The first kappa shape index (κ1) is 32.0. The third kappa shape index (κ3) is 8.98. The lowest BCUT2D eigenvalue weighted by atomic mass is 9.73. The first-order chi connectivity index (χ1) is 17.9. The molecule has 0 saturated carbocycles. The molecule has 0 bridgehead atoms. The van der Waals surface area contributed by atoms with Crippen LogP contribution in [0, 0.1) is 15.2 Å². The van der Waals surface area contributed by atoms with Gasteiger partial charge in [-0.2, -0.15) is 0 Å². The van der Waals surface area contributed by atoms with Crippen LogP contribution in [0.3, 0.4) is 0 Å². The first-order valence-electron chi connectivity index (χ1n) is 13.2. The van der Waals surface area contributed by atoms with E-state index in [2.05, 4.69) is 71.7 Å². The summed E-state index contributed by atoms with van der Waals surface area (Å²) in [5.41, 5.74) is 2.89. The molecule has 206 valence electrons. The van der Waals surface area contributed by atoms with E-state index in [1.165, 1.54) is 55.3 Å². The lowest BCUT2D eigenvalue weighted by Gasteiger charge is -2.32. The molecule has 2 aliphatic carbocycles. The maximum absolute atomic E-state index is 13.6. The van der Waals surface area contributed by atoms with Crippen molar-refractivity contribution in [3.05, 3.63) is 83.7 Å². The van der Waals surface area contributed by atoms with Crippen LogP contribution in [0.15, 0.2) is 63.0 Å². The van der Waals surface area contributed by atoms with Crippen LogP contribution in [0.2, 0.25) is 0 Å². The topological polar surface area (TPSA) is 18.5 Å². The normalized spacial score (nSPS) is 19.9. The van der Waals surface area contributed by atoms with Gasteiger partial charge < -0.3 is 9.31 Å². The Labute approximate surface area is 257 Å². The maximum Gasteiger partial charge on any atom is 0.490 e. The smallest absolute Gasteiger partial charge is 0.400 e. The van der Waals surface area contributed by atoms with Gasteiger partial charge in [0.2, 0.25) is 0 Å². The van der Waals surface area contributed by atoms with Crippen molar-refractivity contribution in [3.63, 3.8) is 0 Å². The Hall–Kier alpha value is -0.545. The van der Waals surface area contributed by atoms with Gasteiger partial charge in [0.1, 0.15) is 11.6 Å². The minimum atomic E-state index is -0.198. The highest BCUT2D eigenvalue weighted by Crippen LogP contribution is 2.40. The van der Waals surface area contributed by atoms with E-state index in [1.807, 2.05) is 40.8 Å². The Morgan fingerprint density at radius 3 is 1.79 bits per heavy atom. The van der Waals surface area contributed by atoms with Gasteiger partial charge >= 0.3 is 7.12 Å². The molecule has 2 aromatic carbocycles. The fourth-order valence-corrected chi connectivity index (χ4v) is 5.38. The molecule has 38 heavy (non-hydrogen) atoms. The monoisotopic (exact) mass is 762 g/mol. The zero-order valence-electron chi connectivity index (χ0n) is 22.6. The highest BCUT2D eigenvalue weighted by molar-refractivity contribution is 14.1. The number of halogens is 5. The number of allylic oxidation sites excluding steroid dienone is 4. The van der Waals surface area contributed by atoms with Gasteiger partial charge in [-0.15, -0.1) is 0 Å². The molecule has 0 atom stereocenters. The van der Waals surface area contributed by atoms with Crippen LogP contribution in [-0.2, 0) is 9.31 Å². The summed E-state index contributed by atoms with van der Waals surface area (Å²) in [4.78, 5) is 0. The molecule has 1 saturated heterocycles. The van der Waals surface area contributed by atoms with Crippen LogP contribution in [0.5, 0.6) is 0 Å². The Morgan fingerprint density at radius 2 is 1.32 bits per heavy atom. The molecule has 1 heterocycles. The molecule has 3 aliphatic rings. The van der Waals surface area contributed by atoms with Gasteiger partial charge in [-0.1, -0.05) is 50.1 Å². The van der Waals surface area contributed by atoms with E-state index in [0.29, 0.717) is 3.57 Å². The summed E-state index contributed by atoms with van der Waals surface area (Å²) >= 11 is 8.36. The Kier molecular flexibility index (Phi) is 12.1. The van der Waals surface area contributed by atoms with Crippen LogP contribution < -0.4 is 0 Å². The van der Waals surface area contributed by atoms with Crippen molar-refractivity contribution in [1.82, 2.24) is 0 Å². The Morgan fingerprint density at radius 1 is 0.763 bits per heavy atom. The number of benzene rings is 2. The van der Waals surface area contributed by atoms with E-state index >= 15 is 0 Å². The van der Waals surface area contributed by atoms with Gasteiger partial charge in [0.15, 0.2) is 0 Å². The highest BCUT2D eigenvalue weighted by Gasteiger charge is 2.52. The van der Waals surface area contributed by atoms with Gasteiger partial charge in [0, 0.05) is 18.1 Å². The third-order valence-electron chi connectivity index (χ3n) is 7.33. The van der Waals surface area contributed by atoms with Gasteiger partial charge in [-0.05, 0) is 143 Å². The summed E-state index contributed by atoms with van der Waals surface area (Å²) in [6.45, 7) is 8.43. The average molecular weight is 764 g/mol. The summed E-state index contributed by atoms with van der Waals surface area (Å²) in [7, 11) is -0.102. The van der Waals surface area contributed by atoms with Gasteiger partial charge in [-0.3, -0.25) is 0 Å². The Bertz CT molecular complexity index is 1150. The number of hydrogen-bond acceptors (Lipinski definition) is 2. The van der Waals surface area contributed by atoms with E-state index in [0.717, 1.165) is 33.8 Å². The molecule has 0 amide bonds. The van der Waals surface area contributed by atoms with Crippen LogP contribution in [0.1, 0.15) is 84.6 Å². The predicted octanol–water partition coefficient (Wildman–Crippen LogP) is 10.9. The zero-order chi connectivity index (χ0) is 27.9. The minimum absolute atomic E-state index is 0.102. The average Bonchev–Trinajstić information content (AvgIpc) is 3.10. The molecule has 0 spiro atoms. The van der Waals surface area contributed by atoms with E-state index < -0.39 is 0 Å². The van der Waals surface area contributed by atoms with Crippen LogP contribution in [0.25, 0.3) is 5.57 Å². The second-order valence-electron chi connectivity index (χ2n) is 10.8. The summed E-state index contributed by atoms with van der Waals surface area (Å²) in [6, 6.07) is 10.3. The van der Waals surface area contributed by atoms with Crippen LogP contribution in [-0.4, -0.2) is 18.3 Å².